The van der Waals surface area contributed by atoms with Crippen LogP contribution in [-0.2, 0) is 9.59 Å². The molecule has 1 atom stereocenters. The summed E-state index contributed by atoms with van der Waals surface area (Å²) in [6, 6.07) is 1.28. The van der Waals surface area contributed by atoms with E-state index >= 15 is 0 Å². The fourth-order valence-corrected chi connectivity index (χ4v) is 1.79. The lowest BCUT2D eigenvalue weighted by atomic mass is 10.0. The first-order chi connectivity index (χ1) is 8.61. The second kappa shape index (κ2) is 4.99. The summed E-state index contributed by atoms with van der Waals surface area (Å²) in [4.78, 5) is 32.5. The van der Waals surface area contributed by atoms with E-state index in [0.717, 1.165) is 4.90 Å². The van der Waals surface area contributed by atoms with Gasteiger partial charge in [0.15, 0.2) is 0 Å². The van der Waals surface area contributed by atoms with Crippen molar-refractivity contribution in [2.45, 2.75) is 18.9 Å². The summed E-state index contributed by atoms with van der Waals surface area (Å²) >= 11 is 0. The predicted molar refractivity (Wildman–Crippen MR) is 66.0 cm³/mol. The number of carbonyl (C=O) groups is 2. The molecule has 0 spiro atoms. The quantitative estimate of drug-likeness (QED) is 0.738. The number of imide groups is 1. The maximum Gasteiger partial charge on any atom is 0.251 e. The van der Waals surface area contributed by atoms with Crippen molar-refractivity contribution in [2.75, 3.05) is 24.7 Å². The van der Waals surface area contributed by atoms with Crippen molar-refractivity contribution in [3.63, 3.8) is 0 Å². The number of aromatic nitrogens is 2. The second-order valence-corrected chi connectivity index (χ2v) is 4.04. The van der Waals surface area contributed by atoms with Crippen molar-refractivity contribution in [1.29, 1.82) is 0 Å². The molecule has 1 saturated heterocycles. The van der Waals surface area contributed by atoms with Gasteiger partial charge in [0.25, 0.3) is 5.91 Å². The van der Waals surface area contributed by atoms with Crippen molar-refractivity contribution >= 4 is 23.6 Å². The van der Waals surface area contributed by atoms with Gasteiger partial charge in [-0.1, -0.05) is 0 Å². The van der Waals surface area contributed by atoms with Crippen LogP contribution >= 0.6 is 0 Å². The molecular formula is C11H15N5O2. The lowest BCUT2D eigenvalue weighted by Crippen LogP contribution is -2.48. The number of amides is 2. The number of nitrogens with one attached hydrogen (secondary N) is 2. The molecule has 1 aliphatic rings. The lowest BCUT2D eigenvalue weighted by molar-refractivity contribution is -0.146. The summed E-state index contributed by atoms with van der Waals surface area (Å²) in [5.41, 5.74) is 0. The number of anilines is 2. The first kappa shape index (κ1) is 12.3. The number of nitrogens with zero attached hydrogens (tertiary/aromatic N) is 3. The number of piperidine rings is 1. The van der Waals surface area contributed by atoms with Crippen LogP contribution in [-0.4, -0.2) is 46.8 Å². The van der Waals surface area contributed by atoms with Gasteiger partial charge in [-0.25, -0.2) is 4.98 Å². The largest absolute Gasteiger partial charge is 0.358 e. The molecule has 2 rings (SSSR count). The number of likely N-dealkylation sites (tertiary alicyclic amines) is 1. The SMILES string of the molecule is CNc1nccc(NC2CCC(=O)N(C)C2=O)n1. The molecular weight excluding hydrogens is 234 g/mol. The Morgan fingerprint density at radius 3 is 2.94 bits per heavy atom. The van der Waals surface area contributed by atoms with Gasteiger partial charge in [-0.2, -0.15) is 4.98 Å². The third-order valence-corrected chi connectivity index (χ3v) is 2.85. The van der Waals surface area contributed by atoms with Gasteiger partial charge < -0.3 is 10.6 Å². The Labute approximate surface area is 105 Å². The zero-order valence-corrected chi connectivity index (χ0v) is 10.3. The summed E-state index contributed by atoms with van der Waals surface area (Å²) in [5.74, 6) is 0.677. The molecule has 1 aromatic rings. The van der Waals surface area contributed by atoms with E-state index in [0.29, 0.717) is 24.6 Å². The average molecular weight is 249 g/mol. The van der Waals surface area contributed by atoms with Crippen LogP contribution in [0.5, 0.6) is 0 Å². The first-order valence-electron chi connectivity index (χ1n) is 5.69. The molecule has 7 nitrogen and oxygen atoms in total. The van der Waals surface area contributed by atoms with E-state index in [1.54, 1.807) is 19.3 Å². The Kier molecular flexibility index (Phi) is 3.40. The molecule has 0 aromatic carbocycles. The number of hydrogen-bond donors (Lipinski definition) is 2. The van der Waals surface area contributed by atoms with Crippen LogP contribution in [0.4, 0.5) is 11.8 Å². The fourth-order valence-electron chi connectivity index (χ4n) is 1.79. The fraction of sp³-hybridized carbons (Fsp3) is 0.455. The van der Waals surface area contributed by atoms with E-state index in [1.165, 1.54) is 7.05 Å². The van der Waals surface area contributed by atoms with E-state index in [2.05, 4.69) is 20.6 Å². The Morgan fingerprint density at radius 1 is 1.44 bits per heavy atom. The smallest absolute Gasteiger partial charge is 0.251 e. The molecule has 0 bridgehead atoms. The molecule has 0 aliphatic carbocycles. The summed E-state index contributed by atoms with van der Waals surface area (Å²) in [6.45, 7) is 0. The third kappa shape index (κ3) is 2.39. The monoisotopic (exact) mass is 249 g/mol. The number of rotatable bonds is 3. The second-order valence-electron chi connectivity index (χ2n) is 4.04. The normalized spacial score (nSPS) is 19.9. The highest BCUT2D eigenvalue weighted by molar-refractivity contribution is 6.01. The van der Waals surface area contributed by atoms with Crippen molar-refractivity contribution in [2.24, 2.45) is 0 Å². The number of carbonyl (C=O) groups excluding carboxylic acids is 2. The molecule has 0 saturated carbocycles. The van der Waals surface area contributed by atoms with E-state index in [-0.39, 0.29) is 11.8 Å². The maximum absolute atomic E-state index is 11.9. The Balaban J connectivity index is 2.09. The highest BCUT2D eigenvalue weighted by Crippen LogP contribution is 2.16. The summed E-state index contributed by atoms with van der Waals surface area (Å²) in [5, 5.41) is 5.84. The molecule has 7 heteroatoms. The van der Waals surface area contributed by atoms with Gasteiger partial charge >= 0.3 is 0 Å². The predicted octanol–water partition coefficient (Wildman–Crippen LogP) is 0.0776. The molecule has 96 valence electrons. The highest BCUT2D eigenvalue weighted by atomic mass is 16.2. The van der Waals surface area contributed by atoms with E-state index in [9.17, 15) is 9.59 Å². The molecule has 2 heterocycles. The first-order valence-corrected chi connectivity index (χ1v) is 5.69. The highest BCUT2D eigenvalue weighted by Gasteiger charge is 2.31. The van der Waals surface area contributed by atoms with Crippen LogP contribution in [0.2, 0.25) is 0 Å². The van der Waals surface area contributed by atoms with Gasteiger partial charge in [0.1, 0.15) is 11.9 Å². The Bertz CT molecular complexity index is 476. The van der Waals surface area contributed by atoms with Crippen molar-refractivity contribution in [3.05, 3.63) is 12.3 Å². The van der Waals surface area contributed by atoms with Crippen LogP contribution in [0, 0.1) is 0 Å². The van der Waals surface area contributed by atoms with Crippen molar-refractivity contribution in [3.8, 4) is 0 Å². The zero-order chi connectivity index (χ0) is 13.1. The number of hydrogen-bond acceptors (Lipinski definition) is 6. The van der Waals surface area contributed by atoms with E-state index < -0.39 is 6.04 Å². The topological polar surface area (TPSA) is 87.2 Å². The van der Waals surface area contributed by atoms with Crippen molar-refractivity contribution < 1.29 is 9.59 Å². The maximum atomic E-state index is 11.9. The van der Waals surface area contributed by atoms with Crippen molar-refractivity contribution in [1.82, 2.24) is 14.9 Å². The molecule has 1 fully saturated rings. The minimum absolute atomic E-state index is 0.142. The third-order valence-electron chi connectivity index (χ3n) is 2.85. The number of likely N-dealkylation sites (N-methyl/N-ethyl adjacent to an activating group) is 1. The Hall–Kier alpha value is -2.18. The lowest BCUT2D eigenvalue weighted by Gasteiger charge is -2.28. The molecule has 18 heavy (non-hydrogen) atoms. The van der Waals surface area contributed by atoms with Gasteiger partial charge in [-0.05, 0) is 12.5 Å². The molecule has 1 unspecified atom stereocenters. The molecule has 0 radical (unpaired) electrons. The van der Waals surface area contributed by atoms with E-state index in [4.69, 9.17) is 0 Å². The van der Waals surface area contributed by atoms with Gasteiger partial charge in [0, 0.05) is 26.7 Å². The van der Waals surface area contributed by atoms with Gasteiger partial charge in [-0.3, -0.25) is 14.5 Å². The van der Waals surface area contributed by atoms with Crippen LogP contribution < -0.4 is 10.6 Å². The molecule has 2 amide bonds. The van der Waals surface area contributed by atoms with E-state index in [1.807, 2.05) is 0 Å². The standard InChI is InChI=1S/C11H15N5O2/c1-12-11-13-6-5-8(15-11)14-7-3-4-9(17)16(2)10(7)18/h5-7H,3-4H2,1-2H3,(H2,12,13,14,15). The Morgan fingerprint density at radius 2 is 2.22 bits per heavy atom. The zero-order valence-electron chi connectivity index (χ0n) is 10.3. The summed E-state index contributed by atoms with van der Waals surface area (Å²) in [6.07, 6.45) is 2.45. The minimum atomic E-state index is -0.410. The summed E-state index contributed by atoms with van der Waals surface area (Å²) in [7, 11) is 3.22. The molecule has 2 N–H and O–H groups in total. The van der Waals surface area contributed by atoms with Crippen LogP contribution in [0.3, 0.4) is 0 Å². The van der Waals surface area contributed by atoms with Crippen LogP contribution in [0.25, 0.3) is 0 Å². The minimum Gasteiger partial charge on any atom is -0.358 e. The van der Waals surface area contributed by atoms with Crippen LogP contribution in [0.1, 0.15) is 12.8 Å². The molecule has 1 aliphatic heterocycles. The van der Waals surface area contributed by atoms with Crippen LogP contribution in [0.15, 0.2) is 12.3 Å². The average Bonchev–Trinajstić information content (AvgIpc) is 2.40. The summed E-state index contributed by atoms with van der Waals surface area (Å²) < 4.78 is 0. The van der Waals surface area contributed by atoms with Gasteiger partial charge in [0.2, 0.25) is 11.9 Å². The van der Waals surface area contributed by atoms with Gasteiger partial charge in [0.05, 0.1) is 0 Å². The molecule has 1 aromatic heterocycles. The van der Waals surface area contributed by atoms with Gasteiger partial charge in [-0.15, -0.1) is 0 Å².